The summed E-state index contributed by atoms with van der Waals surface area (Å²) < 4.78 is 0. The van der Waals surface area contributed by atoms with Gasteiger partial charge in [0, 0.05) is 10.7 Å². The van der Waals surface area contributed by atoms with Crippen molar-refractivity contribution in [2.45, 2.75) is 19.4 Å². The third kappa shape index (κ3) is 3.23. The second-order valence-electron chi connectivity index (χ2n) is 4.23. The fourth-order valence-corrected chi connectivity index (χ4v) is 1.89. The molecule has 0 spiro atoms. The summed E-state index contributed by atoms with van der Waals surface area (Å²) in [7, 11) is 0. The molecule has 2 rings (SSSR count). The van der Waals surface area contributed by atoms with Gasteiger partial charge in [0.15, 0.2) is 0 Å². The maximum Gasteiger partial charge on any atom is 0.322 e. The van der Waals surface area contributed by atoms with Crippen LogP contribution < -0.4 is 16.0 Å². The highest BCUT2D eigenvalue weighted by Crippen LogP contribution is 2.20. The second kappa shape index (κ2) is 5.27. The average molecular weight is 282 g/mol. The van der Waals surface area contributed by atoms with Gasteiger partial charge in [-0.05, 0) is 24.6 Å². The minimum atomic E-state index is -0.827. The van der Waals surface area contributed by atoms with E-state index in [2.05, 4.69) is 16.0 Å². The lowest BCUT2D eigenvalue weighted by Gasteiger charge is -2.10. The van der Waals surface area contributed by atoms with E-state index < -0.39 is 18.0 Å². The molecule has 1 heterocycles. The molecular formula is C12H12ClN3O3. The molecule has 7 heteroatoms. The van der Waals surface area contributed by atoms with Gasteiger partial charge in [-0.3, -0.25) is 14.9 Å². The van der Waals surface area contributed by atoms with E-state index in [9.17, 15) is 14.4 Å². The van der Waals surface area contributed by atoms with Crippen LogP contribution in [0.25, 0.3) is 0 Å². The topological polar surface area (TPSA) is 87.3 Å². The summed E-state index contributed by atoms with van der Waals surface area (Å²) in [5.41, 5.74) is 1.44. The summed E-state index contributed by atoms with van der Waals surface area (Å²) in [6, 6.07) is 3.72. The van der Waals surface area contributed by atoms with Crippen molar-refractivity contribution in [3.8, 4) is 0 Å². The lowest BCUT2D eigenvalue weighted by molar-refractivity contribution is -0.124. The average Bonchev–Trinajstić information content (AvgIpc) is 2.62. The molecule has 1 aromatic carbocycles. The van der Waals surface area contributed by atoms with Gasteiger partial charge in [-0.2, -0.15) is 0 Å². The first-order valence-electron chi connectivity index (χ1n) is 5.63. The molecule has 19 heavy (non-hydrogen) atoms. The fourth-order valence-electron chi connectivity index (χ4n) is 1.72. The number of benzene rings is 1. The summed E-state index contributed by atoms with van der Waals surface area (Å²) in [5, 5.41) is 7.59. The smallest absolute Gasteiger partial charge is 0.322 e. The standard InChI is InChI=1S/C12H12ClN3O3/c1-6-2-3-7(13)4-8(6)14-10(17)5-9-11(18)16-12(19)15-9/h2-4,9H,5H2,1H3,(H,14,17)(H2,15,16,18,19)/t9-/m0/s1. The zero-order chi connectivity index (χ0) is 14.0. The zero-order valence-corrected chi connectivity index (χ0v) is 10.9. The number of amides is 4. The van der Waals surface area contributed by atoms with Gasteiger partial charge in [0.25, 0.3) is 5.91 Å². The molecule has 1 aliphatic rings. The lowest BCUT2D eigenvalue weighted by atomic mass is 10.1. The van der Waals surface area contributed by atoms with Crippen LogP contribution in [0, 0.1) is 6.92 Å². The molecule has 0 saturated carbocycles. The number of carbonyl (C=O) groups is 3. The van der Waals surface area contributed by atoms with E-state index in [1.54, 1.807) is 18.2 Å². The number of rotatable bonds is 3. The van der Waals surface area contributed by atoms with Crippen molar-refractivity contribution in [3.63, 3.8) is 0 Å². The molecule has 100 valence electrons. The van der Waals surface area contributed by atoms with E-state index in [0.29, 0.717) is 10.7 Å². The first-order valence-corrected chi connectivity index (χ1v) is 6.01. The van der Waals surface area contributed by atoms with E-state index >= 15 is 0 Å². The van der Waals surface area contributed by atoms with Crippen molar-refractivity contribution >= 4 is 35.1 Å². The quantitative estimate of drug-likeness (QED) is 0.727. The molecule has 0 aliphatic carbocycles. The van der Waals surface area contributed by atoms with Crippen LogP contribution in [0.3, 0.4) is 0 Å². The third-order valence-corrected chi connectivity index (χ3v) is 2.96. The summed E-state index contributed by atoms with van der Waals surface area (Å²) in [5.74, 6) is -0.865. The van der Waals surface area contributed by atoms with Crippen LogP contribution in [-0.2, 0) is 9.59 Å². The van der Waals surface area contributed by atoms with Crippen LogP contribution in [0.5, 0.6) is 0 Å². The maximum atomic E-state index is 11.8. The highest BCUT2D eigenvalue weighted by atomic mass is 35.5. The number of aryl methyl sites for hydroxylation is 1. The number of imide groups is 1. The number of nitrogens with one attached hydrogen (secondary N) is 3. The number of hydrogen-bond acceptors (Lipinski definition) is 3. The monoisotopic (exact) mass is 281 g/mol. The minimum Gasteiger partial charge on any atom is -0.326 e. The predicted octanol–water partition coefficient (Wildman–Crippen LogP) is 1.19. The van der Waals surface area contributed by atoms with E-state index in [-0.39, 0.29) is 12.3 Å². The Morgan fingerprint density at radius 2 is 2.16 bits per heavy atom. The molecule has 0 aromatic heterocycles. The Labute approximate surface area is 114 Å². The van der Waals surface area contributed by atoms with Gasteiger partial charge in [0.1, 0.15) is 6.04 Å². The lowest BCUT2D eigenvalue weighted by Crippen LogP contribution is -2.33. The Morgan fingerprint density at radius 3 is 2.79 bits per heavy atom. The van der Waals surface area contributed by atoms with Crippen molar-refractivity contribution in [1.29, 1.82) is 0 Å². The SMILES string of the molecule is Cc1ccc(Cl)cc1NC(=O)C[C@@H]1NC(=O)NC1=O. The van der Waals surface area contributed by atoms with E-state index in [1.165, 1.54) is 0 Å². The summed E-state index contributed by atoms with van der Waals surface area (Å²) in [6.45, 7) is 1.83. The first-order chi connectivity index (χ1) is 8.95. The Morgan fingerprint density at radius 1 is 1.42 bits per heavy atom. The molecule has 3 N–H and O–H groups in total. The van der Waals surface area contributed by atoms with Gasteiger partial charge in [0.05, 0.1) is 6.42 Å². The highest BCUT2D eigenvalue weighted by Gasteiger charge is 2.31. The van der Waals surface area contributed by atoms with Gasteiger partial charge in [-0.25, -0.2) is 4.79 Å². The summed E-state index contributed by atoms with van der Waals surface area (Å²) in [4.78, 5) is 34.0. The number of carbonyl (C=O) groups excluding carboxylic acids is 3. The number of urea groups is 1. The minimum absolute atomic E-state index is 0.122. The molecule has 0 unspecified atom stereocenters. The van der Waals surface area contributed by atoms with Crippen molar-refractivity contribution in [2.24, 2.45) is 0 Å². The first kappa shape index (κ1) is 13.4. The van der Waals surface area contributed by atoms with Crippen LogP contribution in [-0.4, -0.2) is 23.9 Å². The molecule has 1 aliphatic heterocycles. The third-order valence-electron chi connectivity index (χ3n) is 2.72. The van der Waals surface area contributed by atoms with E-state index in [4.69, 9.17) is 11.6 Å². The van der Waals surface area contributed by atoms with Crippen LogP contribution in [0.4, 0.5) is 10.5 Å². The largest absolute Gasteiger partial charge is 0.326 e. The van der Waals surface area contributed by atoms with Gasteiger partial charge in [-0.15, -0.1) is 0 Å². The molecule has 0 radical (unpaired) electrons. The Bertz CT molecular complexity index is 559. The van der Waals surface area contributed by atoms with Crippen molar-refractivity contribution in [3.05, 3.63) is 28.8 Å². The van der Waals surface area contributed by atoms with E-state index in [1.807, 2.05) is 6.92 Å². The Balaban J connectivity index is 2.00. The van der Waals surface area contributed by atoms with Gasteiger partial charge < -0.3 is 10.6 Å². The van der Waals surface area contributed by atoms with Gasteiger partial charge >= 0.3 is 6.03 Å². The normalized spacial score (nSPS) is 17.9. The fraction of sp³-hybridized carbons (Fsp3) is 0.250. The number of hydrogen-bond donors (Lipinski definition) is 3. The zero-order valence-electron chi connectivity index (χ0n) is 10.1. The molecule has 0 bridgehead atoms. The molecular weight excluding hydrogens is 270 g/mol. The maximum absolute atomic E-state index is 11.8. The van der Waals surface area contributed by atoms with E-state index in [0.717, 1.165) is 5.56 Å². The van der Waals surface area contributed by atoms with Crippen LogP contribution >= 0.6 is 11.6 Å². The molecule has 1 saturated heterocycles. The van der Waals surface area contributed by atoms with Gasteiger partial charge in [-0.1, -0.05) is 17.7 Å². The molecule has 6 nitrogen and oxygen atoms in total. The molecule has 1 aromatic rings. The van der Waals surface area contributed by atoms with Crippen LogP contribution in [0.1, 0.15) is 12.0 Å². The number of anilines is 1. The summed E-state index contributed by atoms with van der Waals surface area (Å²) >= 11 is 5.84. The Kier molecular flexibility index (Phi) is 3.71. The van der Waals surface area contributed by atoms with Crippen molar-refractivity contribution in [1.82, 2.24) is 10.6 Å². The van der Waals surface area contributed by atoms with Crippen LogP contribution in [0.2, 0.25) is 5.02 Å². The van der Waals surface area contributed by atoms with Gasteiger partial charge in [0.2, 0.25) is 5.91 Å². The second-order valence-corrected chi connectivity index (χ2v) is 4.66. The molecule has 4 amide bonds. The van der Waals surface area contributed by atoms with Crippen LogP contribution in [0.15, 0.2) is 18.2 Å². The molecule has 1 fully saturated rings. The Hall–Kier alpha value is -2.08. The van der Waals surface area contributed by atoms with Crippen molar-refractivity contribution in [2.75, 3.05) is 5.32 Å². The molecule has 1 atom stereocenters. The summed E-state index contributed by atoms with van der Waals surface area (Å²) in [6.07, 6.45) is -0.122. The highest BCUT2D eigenvalue weighted by molar-refractivity contribution is 6.31. The van der Waals surface area contributed by atoms with Crippen molar-refractivity contribution < 1.29 is 14.4 Å². The predicted molar refractivity (Wildman–Crippen MR) is 69.9 cm³/mol. The number of halogens is 1.